The minimum atomic E-state index is -0.581. The van der Waals surface area contributed by atoms with Gasteiger partial charge in [-0.2, -0.15) is 0 Å². The molecule has 0 aliphatic heterocycles. The van der Waals surface area contributed by atoms with Gasteiger partial charge in [0.15, 0.2) is 5.11 Å². The quantitative estimate of drug-likeness (QED) is 0.472. The lowest BCUT2D eigenvalue weighted by Crippen LogP contribution is -2.32. The molecule has 0 aliphatic rings. The summed E-state index contributed by atoms with van der Waals surface area (Å²) in [6.07, 6.45) is 2.20. The van der Waals surface area contributed by atoms with Crippen LogP contribution in [0.4, 0.5) is 5.69 Å². The minimum absolute atomic E-state index is 0.0976. The first kappa shape index (κ1) is 18.6. The lowest BCUT2D eigenvalue weighted by molar-refractivity contribution is -0.137. The van der Waals surface area contributed by atoms with Crippen molar-refractivity contribution in [1.82, 2.24) is 5.32 Å². The van der Waals surface area contributed by atoms with Crippen molar-refractivity contribution in [3.8, 4) is 5.75 Å². The van der Waals surface area contributed by atoms with Gasteiger partial charge in [0.25, 0.3) is 0 Å². The van der Waals surface area contributed by atoms with Crippen molar-refractivity contribution in [3.63, 3.8) is 0 Å². The molecule has 7 heteroatoms. The van der Waals surface area contributed by atoms with E-state index in [4.69, 9.17) is 17.0 Å². The van der Waals surface area contributed by atoms with Crippen molar-refractivity contribution in [2.75, 3.05) is 11.9 Å². The molecule has 124 valence electrons. The zero-order valence-electron chi connectivity index (χ0n) is 13.3. The van der Waals surface area contributed by atoms with Gasteiger partial charge < -0.3 is 14.8 Å². The molecule has 0 unspecified atom stereocenters. The SMILES string of the molecule is CCOC(=O)/C=C/C(=O)NC(=S)Nc1ccc(OC(C)C)cc1. The molecule has 6 nitrogen and oxygen atoms in total. The Kier molecular flexibility index (Phi) is 7.76. The first-order chi connectivity index (χ1) is 10.9. The Morgan fingerprint density at radius 3 is 2.43 bits per heavy atom. The maximum absolute atomic E-state index is 11.6. The molecule has 0 aliphatic carbocycles. The number of benzene rings is 1. The van der Waals surface area contributed by atoms with Crippen LogP contribution in [0.5, 0.6) is 5.75 Å². The molecule has 1 amide bonds. The molecule has 1 aromatic rings. The maximum Gasteiger partial charge on any atom is 0.330 e. The van der Waals surface area contributed by atoms with Gasteiger partial charge in [-0.3, -0.25) is 10.1 Å². The van der Waals surface area contributed by atoms with Gasteiger partial charge in [0.2, 0.25) is 5.91 Å². The van der Waals surface area contributed by atoms with Crippen LogP contribution in [0.15, 0.2) is 36.4 Å². The molecular weight excluding hydrogens is 316 g/mol. The highest BCUT2D eigenvalue weighted by Gasteiger charge is 2.04. The summed E-state index contributed by atoms with van der Waals surface area (Å²) in [7, 11) is 0. The molecular formula is C16H20N2O4S. The lowest BCUT2D eigenvalue weighted by Gasteiger charge is -2.11. The van der Waals surface area contributed by atoms with Crippen LogP contribution in [0, 0.1) is 0 Å². The third-order valence-electron chi connectivity index (χ3n) is 2.38. The number of nitrogens with one attached hydrogen (secondary N) is 2. The van der Waals surface area contributed by atoms with Crippen LogP contribution < -0.4 is 15.4 Å². The van der Waals surface area contributed by atoms with E-state index in [-0.39, 0.29) is 17.8 Å². The monoisotopic (exact) mass is 336 g/mol. The van der Waals surface area contributed by atoms with Gasteiger partial charge in [-0.15, -0.1) is 0 Å². The van der Waals surface area contributed by atoms with Gasteiger partial charge >= 0.3 is 5.97 Å². The molecule has 0 atom stereocenters. The summed E-state index contributed by atoms with van der Waals surface area (Å²) in [6.45, 7) is 5.82. The largest absolute Gasteiger partial charge is 0.491 e. The van der Waals surface area contributed by atoms with E-state index in [9.17, 15) is 9.59 Å². The van der Waals surface area contributed by atoms with Crippen LogP contribution in [0.2, 0.25) is 0 Å². The summed E-state index contributed by atoms with van der Waals surface area (Å²) in [6, 6.07) is 7.16. The Balaban J connectivity index is 2.47. The summed E-state index contributed by atoms with van der Waals surface area (Å²) in [5.41, 5.74) is 0.709. The van der Waals surface area contributed by atoms with E-state index in [0.29, 0.717) is 5.69 Å². The number of esters is 1. The highest BCUT2D eigenvalue weighted by atomic mass is 32.1. The summed E-state index contributed by atoms with van der Waals surface area (Å²) >= 11 is 5.02. The van der Waals surface area contributed by atoms with Crippen molar-refractivity contribution in [1.29, 1.82) is 0 Å². The van der Waals surface area contributed by atoms with Gasteiger partial charge in [-0.25, -0.2) is 4.79 Å². The third kappa shape index (κ3) is 7.96. The number of ether oxygens (including phenoxy) is 2. The second kappa shape index (κ2) is 9.58. The maximum atomic E-state index is 11.6. The Morgan fingerprint density at radius 1 is 1.22 bits per heavy atom. The fourth-order valence-corrected chi connectivity index (χ4v) is 1.76. The Labute approximate surface area is 140 Å². The van der Waals surface area contributed by atoms with Gasteiger partial charge in [0, 0.05) is 17.8 Å². The minimum Gasteiger partial charge on any atom is -0.491 e. The van der Waals surface area contributed by atoms with Crippen molar-refractivity contribution >= 4 is 34.9 Å². The van der Waals surface area contributed by atoms with Crippen molar-refractivity contribution in [2.45, 2.75) is 26.9 Å². The normalized spacial score (nSPS) is 10.4. The van der Waals surface area contributed by atoms with Crippen molar-refractivity contribution in [3.05, 3.63) is 36.4 Å². The number of anilines is 1. The van der Waals surface area contributed by atoms with Crippen LogP contribution in [0.25, 0.3) is 0 Å². The molecule has 23 heavy (non-hydrogen) atoms. The third-order valence-corrected chi connectivity index (χ3v) is 2.58. The molecule has 0 fully saturated rings. The topological polar surface area (TPSA) is 76.7 Å². The molecule has 0 saturated heterocycles. The molecule has 0 radical (unpaired) electrons. The zero-order valence-corrected chi connectivity index (χ0v) is 14.1. The Bertz CT molecular complexity index is 582. The molecule has 0 spiro atoms. The van der Waals surface area contributed by atoms with Crippen LogP contribution in [0.3, 0.4) is 0 Å². The fourth-order valence-electron chi connectivity index (χ4n) is 1.54. The summed E-state index contributed by atoms with van der Waals surface area (Å²) in [4.78, 5) is 22.7. The van der Waals surface area contributed by atoms with E-state index < -0.39 is 11.9 Å². The molecule has 1 aromatic carbocycles. The zero-order chi connectivity index (χ0) is 17.2. The van der Waals surface area contributed by atoms with E-state index in [1.807, 2.05) is 13.8 Å². The number of rotatable bonds is 6. The van der Waals surface area contributed by atoms with Crippen LogP contribution in [-0.4, -0.2) is 29.7 Å². The number of carbonyl (C=O) groups excluding carboxylic acids is 2. The van der Waals surface area contributed by atoms with Gasteiger partial charge in [-0.05, 0) is 57.3 Å². The fraction of sp³-hybridized carbons (Fsp3) is 0.312. The van der Waals surface area contributed by atoms with Crippen LogP contribution in [-0.2, 0) is 14.3 Å². The summed E-state index contributed by atoms with van der Waals surface area (Å²) in [5, 5.41) is 5.41. The molecule has 0 heterocycles. The standard InChI is InChI=1S/C16H20N2O4S/c1-4-21-15(20)10-9-14(19)18-16(23)17-12-5-7-13(8-6-12)22-11(2)3/h5-11H,4H2,1-3H3,(H2,17,18,19,23)/b10-9+. The summed E-state index contributed by atoms with van der Waals surface area (Å²) < 4.78 is 10.2. The molecule has 2 N–H and O–H groups in total. The number of hydrogen-bond donors (Lipinski definition) is 2. The van der Waals surface area contributed by atoms with E-state index in [2.05, 4.69) is 15.4 Å². The van der Waals surface area contributed by atoms with Gasteiger partial charge in [0.05, 0.1) is 12.7 Å². The average molecular weight is 336 g/mol. The lowest BCUT2D eigenvalue weighted by atomic mass is 10.3. The van der Waals surface area contributed by atoms with Gasteiger partial charge in [0.1, 0.15) is 5.75 Å². The number of hydrogen-bond acceptors (Lipinski definition) is 5. The molecule has 0 bridgehead atoms. The van der Waals surface area contributed by atoms with Crippen molar-refractivity contribution in [2.24, 2.45) is 0 Å². The average Bonchev–Trinajstić information content (AvgIpc) is 2.47. The second-order valence-corrected chi connectivity index (χ2v) is 5.13. The smallest absolute Gasteiger partial charge is 0.330 e. The molecule has 0 aromatic heterocycles. The molecule has 0 saturated carbocycles. The summed E-state index contributed by atoms with van der Waals surface area (Å²) in [5.74, 6) is -0.351. The van der Waals surface area contributed by atoms with E-state index in [1.165, 1.54) is 0 Å². The second-order valence-electron chi connectivity index (χ2n) is 4.72. The highest BCUT2D eigenvalue weighted by molar-refractivity contribution is 7.80. The Hall–Kier alpha value is -2.41. The predicted molar refractivity (Wildman–Crippen MR) is 92.3 cm³/mol. The predicted octanol–water partition coefficient (Wildman–Crippen LogP) is 2.41. The first-order valence-corrected chi connectivity index (χ1v) is 7.55. The van der Waals surface area contributed by atoms with E-state index in [0.717, 1.165) is 17.9 Å². The molecule has 1 rings (SSSR count). The van der Waals surface area contributed by atoms with Crippen LogP contribution in [0.1, 0.15) is 20.8 Å². The number of thiocarbonyl (C=S) groups is 1. The van der Waals surface area contributed by atoms with Crippen molar-refractivity contribution < 1.29 is 19.1 Å². The van der Waals surface area contributed by atoms with E-state index in [1.54, 1.807) is 31.2 Å². The number of carbonyl (C=O) groups is 2. The highest BCUT2D eigenvalue weighted by Crippen LogP contribution is 2.16. The van der Waals surface area contributed by atoms with E-state index >= 15 is 0 Å². The van der Waals surface area contributed by atoms with Crippen LogP contribution >= 0.6 is 12.2 Å². The van der Waals surface area contributed by atoms with Gasteiger partial charge in [-0.1, -0.05) is 0 Å². The number of amides is 1. The first-order valence-electron chi connectivity index (χ1n) is 7.14. The Morgan fingerprint density at radius 2 is 1.87 bits per heavy atom.